The first-order valence-electron chi connectivity index (χ1n) is 10.4. The maximum atomic E-state index is 14.9. The fourth-order valence-electron chi connectivity index (χ4n) is 4.60. The van der Waals surface area contributed by atoms with Gasteiger partial charge in [0, 0.05) is 35.1 Å². The zero-order valence-corrected chi connectivity index (χ0v) is 17.4. The first kappa shape index (κ1) is 19.3. The number of rotatable bonds is 2. The average molecular weight is 414 g/mol. The summed E-state index contributed by atoms with van der Waals surface area (Å²) in [4.78, 5) is 22.9. The molecule has 1 atom stereocenters. The highest BCUT2D eigenvalue weighted by Crippen LogP contribution is 2.39. The topological polar surface area (TPSA) is 61.0 Å². The molecule has 0 fully saturated rings. The van der Waals surface area contributed by atoms with Crippen LogP contribution in [-0.2, 0) is 6.42 Å². The fraction of sp³-hybridized carbons (Fsp3) is 0.200. The summed E-state index contributed by atoms with van der Waals surface area (Å²) in [5, 5.41) is 4.03. The Kier molecular flexibility index (Phi) is 4.70. The maximum absolute atomic E-state index is 14.9. The number of aromatic amines is 1. The molecule has 0 spiro atoms. The number of nitrogens with zero attached hydrogens (tertiary/aromatic N) is 2. The number of halogens is 1. The van der Waals surface area contributed by atoms with Crippen LogP contribution in [0.2, 0.25) is 0 Å². The van der Waals surface area contributed by atoms with E-state index < -0.39 is 6.04 Å². The van der Waals surface area contributed by atoms with Gasteiger partial charge < -0.3 is 15.2 Å². The smallest absolute Gasteiger partial charge is 0.322 e. The molecule has 1 unspecified atom stereocenters. The van der Waals surface area contributed by atoms with Gasteiger partial charge in [-0.1, -0.05) is 24.3 Å². The van der Waals surface area contributed by atoms with Gasteiger partial charge in [0.2, 0.25) is 0 Å². The Labute approximate surface area is 179 Å². The minimum Gasteiger partial charge on any atom is -0.341 e. The van der Waals surface area contributed by atoms with E-state index in [4.69, 9.17) is 0 Å². The lowest BCUT2D eigenvalue weighted by Crippen LogP contribution is -2.43. The second kappa shape index (κ2) is 7.54. The van der Waals surface area contributed by atoms with Crippen molar-refractivity contribution in [2.75, 3.05) is 11.9 Å². The van der Waals surface area contributed by atoms with Gasteiger partial charge in [-0.3, -0.25) is 0 Å². The van der Waals surface area contributed by atoms with Gasteiger partial charge in [0.25, 0.3) is 0 Å². The molecule has 156 valence electrons. The van der Waals surface area contributed by atoms with Crippen molar-refractivity contribution in [3.05, 3.63) is 94.6 Å². The predicted octanol–water partition coefficient (Wildman–Crippen LogP) is 5.50. The molecule has 0 saturated heterocycles. The van der Waals surface area contributed by atoms with Crippen LogP contribution < -0.4 is 5.32 Å². The van der Waals surface area contributed by atoms with Gasteiger partial charge in [0.05, 0.1) is 0 Å². The highest BCUT2D eigenvalue weighted by Gasteiger charge is 2.36. The number of pyridine rings is 1. The molecule has 2 N–H and O–H groups in total. The summed E-state index contributed by atoms with van der Waals surface area (Å²) in [7, 11) is 0. The van der Waals surface area contributed by atoms with E-state index in [9.17, 15) is 9.18 Å². The van der Waals surface area contributed by atoms with Crippen molar-refractivity contribution in [1.82, 2.24) is 14.9 Å². The summed E-state index contributed by atoms with van der Waals surface area (Å²) in [5.74, 6) is -0.337. The van der Waals surface area contributed by atoms with Crippen molar-refractivity contribution in [3.8, 4) is 0 Å². The lowest BCUT2D eigenvalue weighted by molar-refractivity contribution is 0.192. The Hall–Kier alpha value is -3.67. The van der Waals surface area contributed by atoms with Gasteiger partial charge >= 0.3 is 6.03 Å². The molecule has 1 aliphatic heterocycles. The van der Waals surface area contributed by atoms with Crippen molar-refractivity contribution >= 4 is 22.8 Å². The Morgan fingerprint density at radius 2 is 1.90 bits per heavy atom. The summed E-state index contributed by atoms with van der Waals surface area (Å²) >= 11 is 0. The molecule has 5 nitrogen and oxygen atoms in total. The molecular formula is C25H23FN4O. The van der Waals surface area contributed by atoms with E-state index in [1.54, 1.807) is 29.3 Å². The van der Waals surface area contributed by atoms with E-state index in [2.05, 4.69) is 21.4 Å². The standard InChI is InChI=1S/C25H23FN4O/c1-15-12-16(2)14-17(13-15)28-25(31)30-11-9-18-19-7-5-10-27-24(19)29-22(18)23(30)20-6-3-4-8-21(20)26/h3-8,10,12-14,23H,9,11H2,1-2H3,(H,27,29)(H,28,31). The molecule has 2 aromatic carbocycles. The lowest BCUT2D eigenvalue weighted by Gasteiger charge is -2.36. The number of hydrogen-bond acceptors (Lipinski definition) is 2. The average Bonchev–Trinajstić information content (AvgIpc) is 3.11. The van der Waals surface area contributed by atoms with Crippen LogP contribution in [0.1, 0.15) is 34.0 Å². The van der Waals surface area contributed by atoms with E-state index in [-0.39, 0.29) is 11.8 Å². The highest BCUT2D eigenvalue weighted by molar-refractivity contribution is 5.91. The van der Waals surface area contributed by atoms with Gasteiger partial charge in [0.1, 0.15) is 17.5 Å². The van der Waals surface area contributed by atoms with Crippen LogP contribution in [0.3, 0.4) is 0 Å². The molecule has 31 heavy (non-hydrogen) atoms. The van der Waals surface area contributed by atoms with E-state index in [1.807, 2.05) is 38.1 Å². The quantitative estimate of drug-likeness (QED) is 0.455. The van der Waals surface area contributed by atoms with Crippen molar-refractivity contribution < 1.29 is 9.18 Å². The summed E-state index contributed by atoms with van der Waals surface area (Å²) in [5.41, 5.74) is 6.01. The van der Waals surface area contributed by atoms with Gasteiger partial charge in [-0.2, -0.15) is 0 Å². The van der Waals surface area contributed by atoms with Crippen molar-refractivity contribution in [2.45, 2.75) is 26.3 Å². The Bertz CT molecular complexity index is 1280. The third kappa shape index (κ3) is 3.44. The fourth-order valence-corrected chi connectivity index (χ4v) is 4.60. The molecule has 0 saturated carbocycles. The van der Waals surface area contributed by atoms with Crippen LogP contribution in [0, 0.1) is 19.7 Å². The van der Waals surface area contributed by atoms with E-state index >= 15 is 0 Å². The normalized spacial score (nSPS) is 15.7. The molecule has 0 aliphatic carbocycles. The number of nitrogens with one attached hydrogen (secondary N) is 2. The van der Waals surface area contributed by atoms with Crippen LogP contribution in [0.25, 0.3) is 11.0 Å². The maximum Gasteiger partial charge on any atom is 0.322 e. The van der Waals surface area contributed by atoms with E-state index in [1.165, 1.54) is 6.07 Å². The second-order valence-corrected chi connectivity index (χ2v) is 8.09. The largest absolute Gasteiger partial charge is 0.341 e. The summed E-state index contributed by atoms with van der Waals surface area (Å²) in [6.45, 7) is 4.47. The number of benzene rings is 2. The number of fused-ring (bicyclic) bond motifs is 3. The monoisotopic (exact) mass is 414 g/mol. The van der Waals surface area contributed by atoms with Gasteiger partial charge in [0.15, 0.2) is 0 Å². The number of amides is 2. The number of H-pyrrole nitrogens is 1. The molecule has 5 rings (SSSR count). The molecule has 0 bridgehead atoms. The first-order chi connectivity index (χ1) is 15.0. The molecule has 0 radical (unpaired) electrons. The minimum atomic E-state index is -0.565. The first-order valence-corrected chi connectivity index (χ1v) is 10.4. The number of carbonyl (C=O) groups excluding carboxylic acids is 1. The minimum absolute atomic E-state index is 0.254. The van der Waals surface area contributed by atoms with E-state index in [0.29, 0.717) is 18.5 Å². The number of urea groups is 1. The number of carbonyl (C=O) groups is 1. The Morgan fingerprint density at radius 1 is 1.13 bits per heavy atom. The van der Waals surface area contributed by atoms with Crippen molar-refractivity contribution in [2.24, 2.45) is 0 Å². The summed E-state index contributed by atoms with van der Waals surface area (Å²) in [6.07, 6.45) is 2.40. The highest BCUT2D eigenvalue weighted by atomic mass is 19.1. The van der Waals surface area contributed by atoms with Gasteiger partial charge in [-0.15, -0.1) is 0 Å². The lowest BCUT2D eigenvalue weighted by atomic mass is 9.92. The molecule has 2 aromatic heterocycles. The third-order valence-electron chi connectivity index (χ3n) is 5.83. The summed E-state index contributed by atoms with van der Waals surface area (Å²) < 4.78 is 14.9. The molecule has 4 aromatic rings. The zero-order valence-electron chi connectivity index (χ0n) is 17.4. The Morgan fingerprint density at radius 3 is 2.68 bits per heavy atom. The summed E-state index contributed by atoms with van der Waals surface area (Å²) in [6, 6.07) is 15.7. The van der Waals surface area contributed by atoms with Crippen LogP contribution in [0.4, 0.5) is 14.9 Å². The van der Waals surface area contributed by atoms with Crippen LogP contribution >= 0.6 is 0 Å². The van der Waals surface area contributed by atoms with Crippen molar-refractivity contribution in [3.63, 3.8) is 0 Å². The van der Waals surface area contributed by atoms with Crippen LogP contribution in [0.5, 0.6) is 0 Å². The zero-order chi connectivity index (χ0) is 21.5. The Balaban J connectivity index is 1.59. The predicted molar refractivity (Wildman–Crippen MR) is 120 cm³/mol. The number of aromatic nitrogens is 2. The second-order valence-electron chi connectivity index (χ2n) is 8.09. The molecule has 2 amide bonds. The molecule has 3 heterocycles. The number of anilines is 1. The van der Waals surface area contributed by atoms with Gasteiger partial charge in [-0.25, -0.2) is 14.2 Å². The molecule has 6 heteroatoms. The van der Waals surface area contributed by atoms with E-state index in [0.717, 1.165) is 39.1 Å². The molecular weight excluding hydrogens is 391 g/mol. The number of aryl methyl sites for hydroxylation is 2. The third-order valence-corrected chi connectivity index (χ3v) is 5.83. The van der Waals surface area contributed by atoms with Crippen LogP contribution in [-0.4, -0.2) is 27.4 Å². The number of hydrogen-bond donors (Lipinski definition) is 2. The molecule has 1 aliphatic rings. The van der Waals surface area contributed by atoms with Crippen LogP contribution in [0.15, 0.2) is 60.8 Å². The van der Waals surface area contributed by atoms with Gasteiger partial charge in [-0.05, 0) is 67.3 Å². The van der Waals surface area contributed by atoms with Crippen molar-refractivity contribution in [1.29, 1.82) is 0 Å². The SMILES string of the molecule is Cc1cc(C)cc(NC(=O)N2CCc3c([nH]c4ncccc34)C2c2ccccc2F)c1.